The van der Waals surface area contributed by atoms with Crippen molar-refractivity contribution in [3.8, 4) is 0 Å². The van der Waals surface area contributed by atoms with E-state index in [0.717, 1.165) is 24.2 Å². The zero-order valence-electron chi connectivity index (χ0n) is 10.4. The average Bonchev–Trinajstić information content (AvgIpc) is 2.74. The predicted molar refractivity (Wildman–Crippen MR) is 75.4 cm³/mol. The highest BCUT2D eigenvalue weighted by atomic mass is 32.2. The standard InChI is InChI=1S/C13H15N3OS/c1-13(2)11(15-16-12(17)18-13)9-3-4-10-8(7-9)5-6-14-10/h3-4,7,14H,5-6H2,1-2H3,(H,16,17). The Morgan fingerprint density at radius 2 is 2.22 bits per heavy atom. The minimum absolute atomic E-state index is 0.0911. The van der Waals surface area contributed by atoms with Gasteiger partial charge >= 0.3 is 0 Å². The van der Waals surface area contributed by atoms with Gasteiger partial charge in [-0.2, -0.15) is 5.10 Å². The van der Waals surface area contributed by atoms with Crippen molar-refractivity contribution >= 4 is 28.4 Å². The lowest BCUT2D eigenvalue weighted by Crippen LogP contribution is -2.38. The molecule has 2 aliphatic rings. The Kier molecular flexibility index (Phi) is 2.59. The van der Waals surface area contributed by atoms with Crippen LogP contribution in [0.5, 0.6) is 0 Å². The molecule has 0 saturated carbocycles. The van der Waals surface area contributed by atoms with Gasteiger partial charge in [-0.05, 0) is 43.5 Å². The summed E-state index contributed by atoms with van der Waals surface area (Å²) in [6.07, 6.45) is 1.05. The van der Waals surface area contributed by atoms with E-state index in [9.17, 15) is 4.79 Å². The van der Waals surface area contributed by atoms with E-state index in [1.807, 2.05) is 13.8 Å². The number of anilines is 1. The Hall–Kier alpha value is -1.49. The summed E-state index contributed by atoms with van der Waals surface area (Å²) in [5.74, 6) is 0. The smallest absolute Gasteiger partial charge is 0.300 e. The molecule has 1 aromatic rings. The van der Waals surface area contributed by atoms with E-state index < -0.39 is 0 Å². The number of fused-ring (bicyclic) bond motifs is 1. The molecule has 2 heterocycles. The van der Waals surface area contributed by atoms with Gasteiger partial charge in [-0.3, -0.25) is 4.79 Å². The molecule has 0 unspecified atom stereocenters. The number of hydrazone groups is 1. The third-order valence-electron chi connectivity index (χ3n) is 3.27. The number of benzene rings is 1. The molecule has 94 valence electrons. The van der Waals surface area contributed by atoms with Gasteiger partial charge in [-0.15, -0.1) is 0 Å². The molecule has 0 radical (unpaired) electrons. The molecule has 0 atom stereocenters. The average molecular weight is 261 g/mol. The van der Waals surface area contributed by atoms with Crippen LogP contribution in [-0.2, 0) is 6.42 Å². The molecule has 0 bridgehead atoms. The SMILES string of the molecule is CC1(C)SC(=O)NN=C1c1ccc2c(c1)CCN2. The quantitative estimate of drug-likeness (QED) is 0.817. The van der Waals surface area contributed by atoms with E-state index >= 15 is 0 Å². The van der Waals surface area contributed by atoms with Crippen LogP contribution in [0, 0.1) is 0 Å². The lowest BCUT2D eigenvalue weighted by molar-refractivity contribution is 0.260. The fourth-order valence-corrected chi connectivity index (χ4v) is 3.22. The Balaban J connectivity index is 2.02. The number of carbonyl (C=O) groups is 1. The van der Waals surface area contributed by atoms with Gasteiger partial charge in [0.25, 0.3) is 5.24 Å². The van der Waals surface area contributed by atoms with Gasteiger partial charge in [0.1, 0.15) is 0 Å². The van der Waals surface area contributed by atoms with Gasteiger partial charge in [-0.25, -0.2) is 5.43 Å². The Labute approximate surface area is 110 Å². The van der Waals surface area contributed by atoms with Crippen molar-refractivity contribution in [1.29, 1.82) is 0 Å². The summed E-state index contributed by atoms with van der Waals surface area (Å²) >= 11 is 1.28. The van der Waals surface area contributed by atoms with E-state index in [1.165, 1.54) is 23.0 Å². The molecular weight excluding hydrogens is 246 g/mol. The molecule has 0 aliphatic carbocycles. The van der Waals surface area contributed by atoms with Crippen LogP contribution in [-0.4, -0.2) is 22.2 Å². The fourth-order valence-electron chi connectivity index (χ4n) is 2.40. The molecule has 0 saturated heterocycles. The molecular formula is C13H15N3OS. The minimum atomic E-state index is -0.289. The topological polar surface area (TPSA) is 53.5 Å². The zero-order valence-corrected chi connectivity index (χ0v) is 11.2. The summed E-state index contributed by atoms with van der Waals surface area (Å²) in [6.45, 7) is 5.06. The predicted octanol–water partition coefficient (Wildman–Crippen LogP) is 2.59. The summed E-state index contributed by atoms with van der Waals surface area (Å²) in [5.41, 5.74) is 7.11. The first-order chi connectivity index (χ1) is 8.56. The van der Waals surface area contributed by atoms with Gasteiger partial charge in [0.05, 0.1) is 10.5 Å². The number of carbonyl (C=O) groups excluding carboxylic acids is 1. The van der Waals surface area contributed by atoms with Crippen LogP contribution in [0.1, 0.15) is 25.0 Å². The Morgan fingerprint density at radius 1 is 1.39 bits per heavy atom. The first-order valence-electron chi connectivity index (χ1n) is 6.00. The van der Waals surface area contributed by atoms with E-state index in [4.69, 9.17) is 0 Å². The second-order valence-corrected chi connectivity index (χ2v) is 6.62. The summed E-state index contributed by atoms with van der Waals surface area (Å²) < 4.78 is -0.289. The number of amides is 1. The fraction of sp³-hybridized carbons (Fsp3) is 0.385. The number of nitrogens with zero attached hydrogens (tertiary/aromatic N) is 1. The van der Waals surface area contributed by atoms with Gasteiger partial charge < -0.3 is 5.32 Å². The maximum absolute atomic E-state index is 11.4. The number of hydrogen-bond donors (Lipinski definition) is 2. The Morgan fingerprint density at radius 3 is 3.00 bits per heavy atom. The van der Waals surface area contributed by atoms with Gasteiger partial charge in [0.2, 0.25) is 0 Å². The summed E-state index contributed by atoms with van der Waals surface area (Å²) in [7, 11) is 0. The van der Waals surface area contributed by atoms with Crippen molar-refractivity contribution in [2.45, 2.75) is 25.0 Å². The number of rotatable bonds is 1. The van der Waals surface area contributed by atoms with Crippen molar-refractivity contribution in [2.24, 2.45) is 5.10 Å². The molecule has 1 amide bonds. The lowest BCUT2D eigenvalue weighted by atomic mass is 9.96. The molecule has 0 aromatic heterocycles. The third-order valence-corrected chi connectivity index (χ3v) is 4.25. The molecule has 3 rings (SSSR count). The molecule has 4 nitrogen and oxygen atoms in total. The van der Waals surface area contributed by atoms with Crippen LogP contribution in [0.2, 0.25) is 0 Å². The number of thioether (sulfide) groups is 1. The lowest BCUT2D eigenvalue weighted by Gasteiger charge is -2.28. The largest absolute Gasteiger partial charge is 0.384 e. The number of hydrogen-bond acceptors (Lipinski definition) is 4. The van der Waals surface area contributed by atoms with E-state index in [1.54, 1.807) is 0 Å². The zero-order chi connectivity index (χ0) is 12.8. The minimum Gasteiger partial charge on any atom is -0.384 e. The van der Waals surface area contributed by atoms with Crippen molar-refractivity contribution < 1.29 is 4.79 Å². The molecule has 1 aromatic carbocycles. The molecule has 5 heteroatoms. The second kappa shape index (κ2) is 4.02. The highest BCUT2D eigenvalue weighted by Gasteiger charge is 2.34. The monoisotopic (exact) mass is 261 g/mol. The van der Waals surface area contributed by atoms with E-state index in [2.05, 4.69) is 34.0 Å². The maximum atomic E-state index is 11.4. The van der Waals surface area contributed by atoms with E-state index in [-0.39, 0.29) is 9.99 Å². The van der Waals surface area contributed by atoms with Crippen molar-refractivity contribution in [3.63, 3.8) is 0 Å². The highest BCUT2D eigenvalue weighted by molar-refractivity contribution is 8.15. The van der Waals surface area contributed by atoms with Crippen molar-refractivity contribution in [3.05, 3.63) is 29.3 Å². The van der Waals surface area contributed by atoms with Crippen molar-refractivity contribution in [1.82, 2.24) is 5.43 Å². The first kappa shape index (κ1) is 11.6. The summed E-state index contributed by atoms with van der Waals surface area (Å²) in [4.78, 5) is 11.4. The van der Waals surface area contributed by atoms with Crippen LogP contribution in [0.3, 0.4) is 0 Å². The second-order valence-electron chi connectivity index (χ2n) is 5.02. The third kappa shape index (κ3) is 1.88. The van der Waals surface area contributed by atoms with Crippen LogP contribution < -0.4 is 10.7 Å². The van der Waals surface area contributed by atoms with Crippen LogP contribution >= 0.6 is 11.8 Å². The maximum Gasteiger partial charge on any atom is 0.300 e. The van der Waals surface area contributed by atoms with Crippen molar-refractivity contribution in [2.75, 3.05) is 11.9 Å². The molecule has 2 N–H and O–H groups in total. The number of nitrogens with one attached hydrogen (secondary N) is 2. The summed E-state index contributed by atoms with van der Waals surface area (Å²) in [6, 6.07) is 6.33. The van der Waals surface area contributed by atoms with E-state index in [0.29, 0.717) is 0 Å². The first-order valence-corrected chi connectivity index (χ1v) is 6.82. The van der Waals surface area contributed by atoms with Crippen LogP contribution in [0.4, 0.5) is 10.5 Å². The van der Waals surface area contributed by atoms with Gasteiger partial charge in [-0.1, -0.05) is 17.8 Å². The van der Waals surface area contributed by atoms with Crippen LogP contribution in [0.25, 0.3) is 0 Å². The highest BCUT2D eigenvalue weighted by Crippen LogP contribution is 2.34. The van der Waals surface area contributed by atoms with Gasteiger partial charge in [0, 0.05) is 12.2 Å². The molecule has 2 aliphatic heterocycles. The Bertz CT molecular complexity index is 551. The van der Waals surface area contributed by atoms with Crippen LogP contribution in [0.15, 0.2) is 23.3 Å². The molecule has 0 spiro atoms. The van der Waals surface area contributed by atoms with Gasteiger partial charge in [0.15, 0.2) is 0 Å². The molecule has 0 fully saturated rings. The molecule has 18 heavy (non-hydrogen) atoms. The normalized spacial score (nSPS) is 20.8. The summed E-state index contributed by atoms with van der Waals surface area (Å²) in [5, 5.41) is 7.49.